The highest BCUT2D eigenvalue weighted by atomic mass is 16.5. The molecule has 2 aromatic rings. The average Bonchev–Trinajstić information content (AvgIpc) is 2.58. The standard InChI is InChI=1S/C17H16N4O2/c1-12-7-3-4-8-13(12)19-17(22)15(11-18)21-20-14-9-5-6-10-16(14)23-2/h3-10,20H,1-2H3,(H,19,22)/b21-15+. The van der Waals surface area contributed by atoms with E-state index >= 15 is 0 Å². The fraction of sp³-hybridized carbons (Fsp3) is 0.118. The van der Waals surface area contributed by atoms with E-state index in [1.165, 1.54) is 7.11 Å². The number of benzene rings is 2. The summed E-state index contributed by atoms with van der Waals surface area (Å²) in [6.07, 6.45) is 0. The second-order valence-corrected chi connectivity index (χ2v) is 4.65. The lowest BCUT2D eigenvalue weighted by molar-refractivity contribution is -0.110. The summed E-state index contributed by atoms with van der Waals surface area (Å²) in [4.78, 5) is 12.1. The molecule has 0 aromatic heterocycles. The third-order valence-corrected chi connectivity index (χ3v) is 3.11. The Labute approximate surface area is 134 Å². The molecule has 0 unspecified atom stereocenters. The molecule has 1 amide bonds. The zero-order valence-electron chi connectivity index (χ0n) is 12.8. The number of amides is 1. The summed E-state index contributed by atoms with van der Waals surface area (Å²) < 4.78 is 5.17. The van der Waals surface area contributed by atoms with Gasteiger partial charge in [-0.15, -0.1) is 0 Å². The van der Waals surface area contributed by atoms with Gasteiger partial charge in [0.2, 0.25) is 5.71 Å². The lowest BCUT2D eigenvalue weighted by Crippen LogP contribution is -2.23. The van der Waals surface area contributed by atoms with Gasteiger partial charge < -0.3 is 10.1 Å². The number of rotatable bonds is 5. The third kappa shape index (κ3) is 4.08. The van der Waals surface area contributed by atoms with Crippen molar-refractivity contribution in [3.05, 3.63) is 54.1 Å². The molecular formula is C17H16N4O2. The van der Waals surface area contributed by atoms with Crippen molar-refractivity contribution in [2.75, 3.05) is 17.9 Å². The highest BCUT2D eigenvalue weighted by molar-refractivity contribution is 6.48. The van der Waals surface area contributed by atoms with Gasteiger partial charge in [-0.25, -0.2) is 0 Å². The fourth-order valence-corrected chi connectivity index (χ4v) is 1.87. The highest BCUT2D eigenvalue weighted by Gasteiger charge is 2.12. The van der Waals surface area contributed by atoms with Crippen LogP contribution in [0.4, 0.5) is 11.4 Å². The molecular weight excluding hydrogens is 292 g/mol. The number of methoxy groups -OCH3 is 1. The van der Waals surface area contributed by atoms with Crippen LogP contribution < -0.4 is 15.5 Å². The van der Waals surface area contributed by atoms with Crippen LogP contribution in [0.15, 0.2) is 53.6 Å². The minimum Gasteiger partial charge on any atom is -0.495 e. The minimum absolute atomic E-state index is 0.279. The normalized spacial score (nSPS) is 10.6. The van der Waals surface area contributed by atoms with E-state index in [4.69, 9.17) is 10.00 Å². The molecule has 0 aliphatic carbocycles. The lowest BCUT2D eigenvalue weighted by atomic mass is 10.2. The summed E-state index contributed by atoms with van der Waals surface area (Å²) in [7, 11) is 1.53. The topological polar surface area (TPSA) is 86.5 Å². The minimum atomic E-state index is -0.579. The quantitative estimate of drug-likeness (QED) is 0.657. The molecule has 6 nitrogen and oxygen atoms in total. The smallest absolute Gasteiger partial charge is 0.287 e. The zero-order valence-corrected chi connectivity index (χ0v) is 12.8. The summed E-state index contributed by atoms with van der Waals surface area (Å²) >= 11 is 0. The number of carbonyl (C=O) groups is 1. The van der Waals surface area contributed by atoms with E-state index in [0.29, 0.717) is 17.1 Å². The number of nitriles is 1. The SMILES string of the molecule is COc1ccccc1N/N=C(\C#N)C(=O)Nc1ccccc1C. The van der Waals surface area contributed by atoms with Crippen molar-refractivity contribution < 1.29 is 9.53 Å². The Hall–Kier alpha value is -3.33. The van der Waals surface area contributed by atoms with Crippen molar-refractivity contribution in [2.45, 2.75) is 6.92 Å². The van der Waals surface area contributed by atoms with E-state index in [9.17, 15) is 4.79 Å². The second kappa shape index (κ2) is 7.61. The van der Waals surface area contributed by atoms with Gasteiger partial charge in [0.25, 0.3) is 5.91 Å². The number of aryl methyl sites for hydroxylation is 1. The van der Waals surface area contributed by atoms with Crippen LogP contribution in [0, 0.1) is 18.3 Å². The predicted molar refractivity (Wildman–Crippen MR) is 89.5 cm³/mol. The van der Waals surface area contributed by atoms with Crippen LogP contribution in [0.2, 0.25) is 0 Å². The van der Waals surface area contributed by atoms with Gasteiger partial charge in [0.15, 0.2) is 0 Å². The maximum absolute atomic E-state index is 12.1. The fourth-order valence-electron chi connectivity index (χ4n) is 1.87. The van der Waals surface area contributed by atoms with Gasteiger partial charge >= 0.3 is 0 Å². The number of para-hydroxylation sites is 3. The molecule has 0 heterocycles. The zero-order chi connectivity index (χ0) is 16.7. The van der Waals surface area contributed by atoms with Gasteiger partial charge in [-0.05, 0) is 30.7 Å². The van der Waals surface area contributed by atoms with E-state index < -0.39 is 5.91 Å². The van der Waals surface area contributed by atoms with Crippen molar-refractivity contribution in [1.29, 1.82) is 5.26 Å². The molecule has 0 fully saturated rings. The Kier molecular flexibility index (Phi) is 5.31. The molecule has 0 aliphatic rings. The van der Waals surface area contributed by atoms with Gasteiger partial charge in [-0.2, -0.15) is 10.4 Å². The van der Waals surface area contributed by atoms with Crippen LogP contribution in [0.5, 0.6) is 5.75 Å². The molecule has 0 radical (unpaired) electrons. The van der Waals surface area contributed by atoms with E-state index in [0.717, 1.165) is 5.56 Å². The van der Waals surface area contributed by atoms with E-state index in [1.54, 1.807) is 36.4 Å². The summed E-state index contributed by atoms with van der Waals surface area (Å²) in [5, 5.41) is 15.7. The third-order valence-electron chi connectivity index (χ3n) is 3.11. The number of ether oxygens (including phenoxy) is 1. The van der Waals surface area contributed by atoms with Crippen LogP contribution in [0.25, 0.3) is 0 Å². The molecule has 0 atom stereocenters. The summed E-state index contributed by atoms with van der Waals surface area (Å²) in [5.74, 6) is -0.0166. The predicted octanol–water partition coefficient (Wildman–Crippen LogP) is 2.93. The van der Waals surface area contributed by atoms with Gasteiger partial charge in [-0.3, -0.25) is 10.2 Å². The number of hydrogen-bond acceptors (Lipinski definition) is 5. The van der Waals surface area contributed by atoms with Gasteiger partial charge in [0, 0.05) is 5.69 Å². The van der Waals surface area contributed by atoms with E-state index in [2.05, 4.69) is 15.8 Å². The second-order valence-electron chi connectivity index (χ2n) is 4.65. The molecule has 116 valence electrons. The number of carbonyl (C=O) groups excluding carboxylic acids is 1. The van der Waals surface area contributed by atoms with E-state index in [1.807, 2.05) is 25.1 Å². The molecule has 2 rings (SSSR count). The van der Waals surface area contributed by atoms with Crippen molar-refractivity contribution in [3.8, 4) is 11.8 Å². The Balaban J connectivity index is 2.14. The van der Waals surface area contributed by atoms with Crippen LogP contribution >= 0.6 is 0 Å². The molecule has 0 aliphatic heterocycles. The molecule has 0 spiro atoms. The van der Waals surface area contributed by atoms with Crippen LogP contribution in [-0.4, -0.2) is 18.7 Å². The van der Waals surface area contributed by atoms with Gasteiger partial charge in [-0.1, -0.05) is 30.3 Å². The highest BCUT2D eigenvalue weighted by Crippen LogP contribution is 2.22. The lowest BCUT2D eigenvalue weighted by Gasteiger charge is -2.08. The summed E-state index contributed by atoms with van der Waals surface area (Å²) in [6, 6.07) is 16.2. The number of nitrogens with one attached hydrogen (secondary N) is 2. The Morgan fingerprint density at radius 1 is 1.13 bits per heavy atom. The molecule has 0 bridgehead atoms. The maximum atomic E-state index is 12.1. The first-order chi connectivity index (χ1) is 11.2. The molecule has 2 aromatic carbocycles. The van der Waals surface area contributed by atoms with Crippen molar-refractivity contribution in [1.82, 2.24) is 0 Å². The molecule has 6 heteroatoms. The van der Waals surface area contributed by atoms with Crippen molar-refractivity contribution in [2.24, 2.45) is 5.10 Å². The largest absolute Gasteiger partial charge is 0.495 e. The monoisotopic (exact) mass is 308 g/mol. The van der Waals surface area contributed by atoms with Gasteiger partial charge in [0.05, 0.1) is 12.8 Å². The first-order valence-electron chi connectivity index (χ1n) is 6.89. The molecule has 0 saturated carbocycles. The Morgan fingerprint density at radius 2 is 1.78 bits per heavy atom. The van der Waals surface area contributed by atoms with E-state index in [-0.39, 0.29) is 5.71 Å². The number of hydrazone groups is 1. The molecule has 2 N–H and O–H groups in total. The maximum Gasteiger partial charge on any atom is 0.287 e. The number of hydrogen-bond donors (Lipinski definition) is 2. The van der Waals surface area contributed by atoms with Crippen molar-refractivity contribution in [3.63, 3.8) is 0 Å². The summed E-state index contributed by atoms with van der Waals surface area (Å²) in [6.45, 7) is 1.87. The number of anilines is 2. The molecule has 0 saturated heterocycles. The Bertz CT molecular complexity index is 778. The first kappa shape index (κ1) is 16.0. The summed E-state index contributed by atoms with van der Waals surface area (Å²) in [5.41, 5.74) is 4.49. The Morgan fingerprint density at radius 3 is 2.43 bits per heavy atom. The number of nitrogens with zero attached hydrogens (tertiary/aromatic N) is 2. The van der Waals surface area contributed by atoms with Crippen LogP contribution in [0.1, 0.15) is 5.56 Å². The average molecular weight is 308 g/mol. The first-order valence-corrected chi connectivity index (χ1v) is 6.89. The molecule has 23 heavy (non-hydrogen) atoms. The van der Waals surface area contributed by atoms with Crippen molar-refractivity contribution >= 4 is 23.0 Å². The van der Waals surface area contributed by atoms with Gasteiger partial charge in [0.1, 0.15) is 11.8 Å². The van der Waals surface area contributed by atoms with Crippen LogP contribution in [-0.2, 0) is 4.79 Å². The van der Waals surface area contributed by atoms with Crippen LogP contribution in [0.3, 0.4) is 0 Å².